The Hall–Kier alpha value is -1.77. The minimum absolute atomic E-state index is 0.346. The Labute approximate surface area is 76.2 Å². The Morgan fingerprint density at radius 2 is 2.08 bits per heavy atom. The van der Waals surface area contributed by atoms with Gasteiger partial charge in [-0.2, -0.15) is 0 Å². The van der Waals surface area contributed by atoms with Crippen LogP contribution in [-0.2, 0) is 0 Å². The number of aromatic nitrogens is 1. The van der Waals surface area contributed by atoms with Crippen molar-refractivity contribution in [3.05, 3.63) is 35.9 Å². The van der Waals surface area contributed by atoms with Crippen molar-refractivity contribution in [1.82, 2.24) is 5.16 Å². The molecule has 0 aliphatic rings. The average Bonchev–Trinajstić information content (AvgIpc) is 2.53. The molecule has 0 spiro atoms. The van der Waals surface area contributed by atoms with Crippen molar-refractivity contribution >= 4 is 5.88 Å². The highest BCUT2D eigenvalue weighted by atomic mass is 16.5. The average molecular weight is 174 g/mol. The first-order chi connectivity index (χ1) is 6.27. The van der Waals surface area contributed by atoms with Gasteiger partial charge in [0.15, 0.2) is 0 Å². The number of nitrogens with zero attached hydrogens (tertiary/aromatic N) is 1. The van der Waals surface area contributed by atoms with E-state index in [4.69, 9.17) is 10.3 Å². The van der Waals surface area contributed by atoms with Gasteiger partial charge in [-0.05, 0) is 12.5 Å². The van der Waals surface area contributed by atoms with Crippen molar-refractivity contribution in [3.63, 3.8) is 0 Å². The molecule has 0 amide bonds. The molecule has 3 heteroatoms. The van der Waals surface area contributed by atoms with E-state index in [1.54, 1.807) is 6.07 Å². The molecule has 1 aromatic carbocycles. The topological polar surface area (TPSA) is 52.0 Å². The number of hydrogen-bond donors (Lipinski definition) is 1. The molecule has 2 aromatic rings. The molecule has 2 rings (SSSR count). The molecular formula is C10H10N2O. The van der Waals surface area contributed by atoms with E-state index in [1.165, 1.54) is 0 Å². The molecule has 13 heavy (non-hydrogen) atoms. The zero-order valence-corrected chi connectivity index (χ0v) is 7.32. The second-order valence-electron chi connectivity index (χ2n) is 2.93. The van der Waals surface area contributed by atoms with E-state index in [2.05, 4.69) is 5.16 Å². The highest BCUT2D eigenvalue weighted by Gasteiger charge is 2.05. The Morgan fingerprint density at radius 1 is 1.31 bits per heavy atom. The maximum Gasteiger partial charge on any atom is 0.222 e. The van der Waals surface area contributed by atoms with Gasteiger partial charge in [-0.25, -0.2) is 0 Å². The molecule has 66 valence electrons. The van der Waals surface area contributed by atoms with Crippen LogP contribution in [0.2, 0.25) is 0 Å². The minimum atomic E-state index is 0.346. The molecule has 1 heterocycles. The van der Waals surface area contributed by atoms with Gasteiger partial charge in [0.1, 0.15) is 5.69 Å². The quantitative estimate of drug-likeness (QED) is 0.721. The molecule has 3 nitrogen and oxygen atoms in total. The standard InChI is InChI=1S/C10H10N2O/c1-7-4-2-3-5-8(7)9-6-10(11)13-12-9/h2-6H,11H2,1H3. The molecule has 0 aliphatic carbocycles. The Balaban J connectivity index is 2.52. The lowest BCUT2D eigenvalue weighted by atomic mass is 10.1. The van der Waals surface area contributed by atoms with E-state index >= 15 is 0 Å². The van der Waals surface area contributed by atoms with E-state index in [1.807, 2.05) is 31.2 Å². The fourth-order valence-corrected chi connectivity index (χ4v) is 1.28. The van der Waals surface area contributed by atoms with E-state index in [9.17, 15) is 0 Å². The number of nitrogens with two attached hydrogens (primary N) is 1. The predicted molar refractivity (Wildman–Crippen MR) is 51.1 cm³/mol. The molecule has 0 bridgehead atoms. The number of anilines is 1. The Kier molecular flexibility index (Phi) is 1.77. The van der Waals surface area contributed by atoms with Crippen molar-refractivity contribution in [3.8, 4) is 11.3 Å². The Bertz CT molecular complexity index is 420. The minimum Gasteiger partial charge on any atom is -0.368 e. The van der Waals surface area contributed by atoms with Gasteiger partial charge in [0, 0.05) is 11.6 Å². The zero-order valence-electron chi connectivity index (χ0n) is 7.32. The van der Waals surface area contributed by atoms with Gasteiger partial charge in [-0.3, -0.25) is 0 Å². The largest absolute Gasteiger partial charge is 0.368 e. The van der Waals surface area contributed by atoms with Crippen LogP contribution in [0.4, 0.5) is 5.88 Å². The molecule has 0 unspecified atom stereocenters. The number of benzene rings is 1. The number of hydrogen-bond acceptors (Lipinski definition) is 3. The molecule has 1 aromatic heterocycles. The smallest absolute Gasteiger partial charge is 0.222 e. The highest BCUT2D eigenvalue weighted by molar-refractivity contribution is 5.64. The number of rotatable bonds is 1. The van der Waals surface area contributed by atoms with Gasteiger partial charge in [0.05, 0.1) is 0 Å². The van der Waals surface area contributed by atoms with Gasteiger partial charge in [-0.15, -0.1) is 0 Å². The molecule has 0 fully saturated rings. The van der Waals surface area contributed by atoms with Crippen LogP contribution in [0.15, 0.2) is 34.9 Å². The second kappa shape index (κ2) is 2.94. The van der Waals surface area contributed by atoms with Crippen LogP contribution in [0, 0.1) is 6.92 Å². The summed E-state index contributed by atoms with van der Waals surface area (Å²) in [6.45, 7) is 2.03. The number of nitrogen functional groups attached to an aromatic ring is 1. The van der Waals surface area contributed by atoms with Crippen LogP contribution >= 0.6 is 0 Å². The van der Waals surface area contributed by atoms with Gasteiger partial charge < -0.3 is 10.3 Å². The van der Waals surface area contributed by atoms with Crippen LogP contribution < -0.4 is 5.73 Å². The molecule has 0 atom stereocenters. The van der Waals surface area contributed by atoms with Gasteiger partial charge in [-0.1, -0.05) is 29.4 Å². The third-order valence-corrected chi connectivity index (χ3v) is 1.95. The third kappa shape index (κ3) is 1.40. The second-order valence-corrected chi connectivity index (χ2v) is 2.93. The summed E-state index contributed by atoms with van der Waals surface area (Å²) in [4.78, 5) is 0. The molecular weight excluding hydrogens is 164 g/mol. The zero-order chi connectivity index (χ0) is 9.26. The molecule has 2 N–H and O–H groups in total. The van der Waals surface area contributed by atoms with Crippen molar-refractivity contribution in [2.45, 2.75) is 6.92 Å². The summed E-state index contributed by atoms with van der Waals surface area (Å²) in [6.07, 6.45) is 0. The van der Waals surface area contributed by atoms with Crippen molar-refractivity contribution in [1.29, 1.82) is 0 Å². The summed E-state index contributed by atoms with van der Waals surface area (Å²) in [6, 6.07) is 9.70. The molecule has 0 saturated heterocycles. The lowest BCUT2D eigenvalue weighted by molar-refractivity contribution is 0.439. The summed E-state index contributed by atoms with van der Waals surface area (Å²) in [5, 5.41) is 3.85. The normalized spacial score (nSPS) is 10.2. The molecule has 0 radical (unpaired) electrons. The fraction of sp³-hybridized carbons (Fsp3) is 0.100. The summed E-state index contributed by atoms with van der Waals surface area (Å²) < 4.78 is 4.80. The first-order valence-corrected chi connectivity index (χ1v) is 4.05. The van der Waals surface area contributed by atoms with Crippen LogP contribution in [0.5, 0.6) is 0 Å². The summed E-state index contributed by atoms with van der Waals surface area (Å²) in [7, 11) is 0. The van der Waals surface area contributed by atoms with E-state index in [0.717, 1.165) is 16.8 Å². The Morgan fingerprint density at radius 3 is 2.69 bits per heavy atom. The van der Waals surface area contributed by atoms with Gasteiger partial charge in [0.2, 0.25) is 5.88 Å². The first kappa shape index (κ1) is 7.86. The van der Waals surface area contributed by atoms with E-state index in [-0.39, 0.29) is 0 Å². The lowest BCUT2D eigenvalue weighted by Gasteiger charge is -1.98. The maximum atomic E-state index is 5.44. The molecule has 0 aliphatic heterocycles. The summed E-state index contributed by atoms with van der Waals surface area (Å²) in [5.41, 5.74) is 8.45. The van der Waals surface area contributed by atoms with Crippen LogP contribution in [0.1, 0.15) is 5.56 Å². The summed E-state index contributed by atoms with van der Waals surface area (Å²) in [5.74, 6) is 0.346. The summed E-state index contributed by atoms with van der Waals surface area (Å²) >= 11 is 0. The number of aryl methyl sites for hydroxylation is 1. The first-order valence-electron chi connectivity index (χ1n) is 4.05. The fourth-order valence-electron chi connectivity index (χ4n) is 1.28. The van der Waals surface area contributed by atoms with Crippen LogP contribution in [-0.4, -0.2) is 5.16 Å². The van der Waals surface area contributed by atoms with E-state index in [0.29, 0.717) is 5.88 Å². The maximum absolute atomic E-state index is 5.44. The van der Waals surface area contributed by atoms with Gasteiger partial charge >= 0.3 is 0 Å². The lowest BCUT2D eigenvalue weighted by Crippen LogP contribution is -1.81. The molecule has 0 saturated carbocycles. The SMILES string of the molecule is Cc1ccccc1-c1cc(N)on1. The predicted octanol–water partition coefficient (Wildman–Crippen LogP) is 2.23. The van der Waals surface area contributed by atoms with Crippen molar-refractivity contribution in [2.75, 3.05) is 5.73 Å². The van der Waals surface area contributed by atoms with Gasteiger partial charge in [0.25, 0.3) is 0 Å². The van der Waals surface area contributed by atoms with Crippen molar-refractivity contribution < 1.29 is 4.52 Å². The van der Waals surface area contributed by atoms with E-state index < -0.39 is 0 Å². The third-order valence-electron chi connectivity index (χ3n) is 1.95. The monoisotopic (exact) mass is 174 g/mol. The highest BCUT2D eigenvalue weighted by Crippen LogP contribution is 2.22. The van der Waals surface area contributed by atoms with Crippen LogP contribution in [0.25, 0.3) is 11.3 Å². The van der Waals surface area contributed by atoms with Crippen molar-refractivity contribution in [2.24, 2.45) is 0 Å². The van der Waals surface area contributed by atoms with Crippen LogP contribution in [0.3, 0.4) is 0 Å².